The number of aliphatic hydroxyl groups is 1. The number of amides is 1. The summed E-state index contributed by atoms with van der Waals surface area (Å²) in [7, 11) is 1.86. The van der Waals surface area contributed by atoms with Crippen molar-refractivity contribution in [2.45, 2.75) is 25.4 Å². The molecule has 0 saturated carbocycles. The standard InChI is InChI=1S/C19H25N5O2.2ClH/c1-23(12-18(20)26)11-14-4-2-5-15(8-14)16-9-21-19(22-10-16)24-7-3-6-17(24)13-25;;/h2,4-5,8-10,17,25H,3,6-7,11-13H2,1H3,(H2,20,26);2*1H/t17-;;/m0../s1. The van der Waals surface area contributed by atoms with E-state index >= 15 is 0 Å². The fourth-order valence-corrected chi connectivity index (χ4v) is 3.39. The second kappa shape index (κ2) is 11.2. The van der Waals surface area contributed by atoms with Crippen LogP contribution in [0.3, 0.4) is 0 Å². The van der Waals surface area contributed by atoms with Crippen molar-refractivity contribution in [2.75, 3.05) is 31.6 Å². The molecular weight excluding hydrogens is 401 g/mol. The van der Waals surface area contributed by atoms with Crippen molar-refractivity contribution in [1.29, 1.82) is 0 Å². The molecule has 0 aliphatic carbocycles. The number of rotatable bonds is 7. The van der Waals surface area contributed by atoms with Crippen molar-refractivity contribution < 1.29 is 9.90 Å². The summed E-state index contributed by atoms with van der Waals surface area (Å²) in [5.41, 5.74) is 8.30. The van der Waals surface area contributed by atoms with Crippen LogP contribution in [0.4, 0.5) is 5.95 Å². The quantitative estimate of drug-likeness (QED) is 0.699. The van der Waals surface area contributed by atoms with Gasteiger partial charge < -0.3 is 15.7 Å². The minimum Gasteiger partial charge on any atom is -0.394 e. The maximum Gasteiger partial charge on any atom is 0.231 e. The van der Waals surface area contributed by atoms with Gasteiger partial charge in [0.15, 0.2) is 0 Å². The van der Waals surface area contributed by atoms with Crippen LogP contribution >= 0.6 is 24.8 Å². The van der Waals surface area contributed by atoms with Gasteiger partial charge in [0, 0.05) is 31.0 Å². The van der Waals surface area contributed by atoms with Gasteiger partial charge in [-0.15, -0.1) is 24.8 Å². The molecule has 7 nitrogen and oxygen atoms in total. The van der Waals surface area contributed by atoms with Crippen molar-refractivity contribution in [1.82, 2.24) is 14.9 Å². The zero-order valence-electron chi connectivity index (χ0n) is 15.8. The number of nitrogens with zero attached hydrogens (tertiary/aromatic N) is 4. The number of carbonyl (C=O) groups is 1. The number of primary amides is 1. The summed E-state index contributed by atoms with van der Waals surface area (Å²) in [6, 6.07) is 8.21. The van der Waals surface area contributed by atoms with E-state index in [0.29, 0.717) is 12.5 Å². The third-order valence-corrected chi connectivity index (χ3v) is 4.62. The second-order valence-electron chi connectivity index (χ2n) is 6.78. The lowest BCUT2D eigenvalue weighted by Crippen LogP contribution is -2.33. The van der Waals surface area contributed by atoms with Gasteiger partial charge in [-0.1, -0.05) is 18.2 Å². The molecule has 0 unspecified atom stereocenters. The van der Waals surface area contributed by atoms with E-state index in [9.17, 15) is 9.90 Å². The Balaban J connectivity index is 0.00000196. The van der Waals surface area contributed by atoms with Gasteiger partial charge in [-0.25, -0.2) is 9.97 Å². The summed E-state index contributed by atoms with van der Waals surface area (Å²) in [5, 5.41) is 9.46. The number of nitrogens with two attached hydrogens (primary N) is 1. The zero-order valence-corrected chi connectivity index (χ0v) is 17.5. The van der Waals surface area contributed by atoms with Gasteiger partial charge >= 0.3 is 0 Å². The highest BCUT2D eigenvalue weighted by Crippen LogP contribution is 2.24. The van der Waals surface area contributed by atoms with Crippen LogP contribution in [0.5, 0.6) is 0 Å². The third-order valence-electron chi connectivity index (χ3n) is 4.62. The van der Waals surface area contributed by atoms with Crippen molar-refractivity contribution in [3.8, 4) is 11.1 Å². The number of halogens is 2. The number of hydrogen-bond acceptors (Lipinski definition) is 6. The summed E-state index contributed by atoms with van der Waals surface area (Å²) in [6.07, 6.45) is 5.67. The summed E-state index contributed by atoms with van der Waals surface area (Å²) in [5.74, 6) is 0.332. The van der Waals surface area contributed by atoms with Gasteiger partial charge in [-0.3, -0.25) is 9.69 Å². The van der Waals surface area contributed by atoms with Crippen LogP contribution in [0, 0.1) is 0 Å². The van der Waals surface area contributed by atoms with Crippen LogP contribution in [-0.4, -0.2) is 58.7 Å². The molecule has 0 radical (unpaired) electrons. The predicted octanol–water partition coefficient (Wildman–Crippen LogP) is 1.87. The topological polar surface area (TPSA) is 95.6 Å². The Morgan fingerprint density at radius 3 is 2.64 bits per heavy atom. The van der Waals surface area contributed by atoms with E-state index in [2.05, 4.69) is 20.9 Å². The fourth-order valence-electron chi connectivity index (χ4n) is 3.39. The first-order valence-corrected chi connectivity index (χ1v) is 8.82. The number of aromatic nitrogens is 2. The maximum absolute atomic E-state index is 11.0. The van der Waals surface area contributed by atoms with Crippen molar-refractivity contribution in [2.24, 2.45) is 5.73 Å². The fraction of sp³-hybridized carbons (Fsp3) is 0.421. The van der Waals surface area contributed by atoms with E-state index in [1.165, 1.54) is 0 Å². The number of anilines is 1. The molecule has 3 N–H and O–H groups in total. The average Bonchev–Trinajstić information content (AvgIpc) is 3.10. The lowest BCUT2D eigenvalue weighted by atomic mass is 10.1. The van der Waals surface area contributed by atoms with E-state index < -0.39 is 0 Å². The normalized spacial score (nSPS) is 15.8. The Bertz CT molecular complexity index is 760. The minimum absolute atomic E-state index is 0. The summed E-state index contributed by atoms with van der Waals surface area (Å²) in [6.45, 7) is 1.88. The monoisotopic (exact) mass is 427 g/mol. The molecule has 1 saturated heterocycles. The molecule has 154 valence electrons. The first kappa shape index (κ1) is 24.1. The summed E-state index contributed by atoms with van der Waals surface area (Å²) in [4.78, 5) is 24.0. The number of benzene rings is 1. The molecule has 2 heterocycles. The zero-order chi connectivity index (χ0) is 18.5. The molecule has 28 heavy (non-hydrogen) atoms. The third kappa shape index (κ3) is 6.04. The molecule has 2 aromatic rings. The highest BCUT2D eigenvalue weighted by molar-refractivity contribution is 5.85. The minimum atomic E-state index is -0.337. The van der Waals surface area contributed by atoms with E-state index in [0.717, 1.165) is 36.1 Å². The van der Waals surface area contributed by atoms with Crippen molar-refractivity contribution >= 4 is 36.7 Å². The van der Waals surface area contributed by atoms with Crippen LogP contribution in [0.1, 0.15) is 18.4 Å². The van der Waals surface area contributed by atoms with Crippen LogP contribution in [0.15, 0.2) is 36.7 Å². The number of likely N-dealkylation sites (N-methyl/N-ethyl adjacent to an activating group) is 1. The van der Waals surface area contributed by atoms with E-state index in [1.807, 2.05) is 42.5 Å². The van der Waals surface area contributed by atoms with Gasteiger partial charge in [-0.2, -0.15) is 0 Å². The van der Waals surface area contributed by atoms with Crippen LogP contribution in [0.2, 0.25) is 0 Å². The molecule has 1 atom stereocenters. The van der Waals surface area contributed by atoms with Gasteiger partial charge in [0.2, 0.25) is 11.9 Å². The Morgan fingerprint density at radius 1 is 1.29 bits per heavy atom. The number of carbonyl (C=O) groups excluding carboxylic acids is 1. The maximum atomic E-state index is 11.0. The van der Waals surface area contributed by atoms with Crippen LogP contribution in [-0.2, 0) is 11.3 Å². The van der Waals surface area contributed by atoms with Gasteiger partial charge in [0.1, 0.15) is 0 Å². The molecule has 1 aromatic carbocycles. The number of aliphatic hydroxyl groups excluding tert-OH is 1. The molecule has 1 amide bonds. The Morgan fingerprint density at radius 2 is 2.00 bits per heavy atom. The number of hydrogen-bond donors (Lipinski definition) is 2. The summed E-state index contributed by atoms with van der Waals surface area (Å²) >= 11 is 0. The average molecular weight is 428 g/mol. The molecule has 9 heteroatoms. The lowest BCUT2D eigenvalue weighted by molar-refractivity contribution is -0.118. The molecule has 1 fully saturated rings. The molecule has 1 aromatic heterocycles. The SMILES string of the molecule is CN(CC(N)=O)Cc1cccc(-c2cnc(N3CCC[C@H]3CO)nc2)c1.Cl.Cl. The van der Waals surface area contributed by atoms with Gasteiger partial charge in [-0.05, 0) is 37.1 Å². The largest absolute Gasteiger partial charge is 0.394 e. The van der Waals surface area contributed by atoms with E-state index in [1.54, 1.807) is 0 Å². The molecular formula is C19H27Cl2N5O2. The first-order valence-electron chi connectivity index (χ1n) is 8.82. The van der Waals surface area contributed by atoms with Crippen LogP contribution < -0.4 is 10.6 Å². The highest BCUT2D eigenvalue weighted by atomic mass is 35.5. The molecule has 1 aliphatic heterocycles. The summed E-state index contributed by atoms with van der Waals surface area (Å²) < 4.78 is 0. The van der Waals surface area contributed by atoms with Gasteiger partial charge in [0.25, 0.3) is 0 Å². The Labute approximate surface area is 177 Å². The smallest absolute Gasteiger partial charge is 0.231 e. The second-order valence-corrected chi connectivity index (χ2v) is 6.78. The van der Waals surface area contributed by atoms with Crippen molar-refractivity contribution in [3.63, 3.8) is 0 Å². The van der Waals surface area contributed by atoms with Crippen LogP contribution in [0.25, 0.3) is 11.1 Å². The highest BCUT2D eigenvalue weighted by Gasteiger charge is 2.25. The van der Waals surface area contributed by atoms with Crippen molar-refractivity contribution in [3.05, 3.63) is 42.2 Å². The van der Waals surface area contributed by atoms with Gasteiger partial charge in [0.05, 0.1) is 19.2 Å². The Hall–Kier alpha value is -1.93. The molecule has 0 bridgehead atoms. The van der Waals surface area contributed by atoms with E-state index in [4.69, 9.17) is 5.73 Å². The molecule has 1 aliphatic rings. The Kier molecular flexibility index (Phi) is 9.61. The molecule has 3 rings (SSSR count). The molecule has 0 spiro atoms. The predicted molar refractivity (Wildman–Crippen MR) is 115 cm³/mol. The lowest BCUT2D eigenvalue weighted by Gasteiger charge is -2.22. The first-order chi connectivity index (χ1) is 12.6. The van der Waals surface area contributed by atoms with E-state index in [-0.39, 0.29) is 49.9 Å².